The van der Waals surface area contributed by atoms with Crippen molar-refractivity contribution in [2.24, 2.45) is 0 Å². The molecular weight excluding hydrogens is 393 g/mol. The maximum Gasteiger partial charge on any atom is 0.416 e. The molecule has 2 rings (SSSR count). The van der Waals surface area contributed by atoms with Crippen LogP contribution in [0.1, 0.15) is 12.5 Å². The summed E-state index contributed by atoms with van der Waals surface area (Å²) in [5.41, 5.74) is -0.886. The van der Waals surface area contributed by atoms with Crippen molar-refractivity contribution >= 4 is 21.9 Å². The predicted octanol–water partition coefficient (Wildman–Crippen LogP) is 4.73. The summed E-state index contributed by atoms with van der Waals surface area (Å²) in [6.45, 7) is 1.16. The van der Waals surface area contributed by atoms with Gasteiger partial charge in [-0.25, -0.2) is 4.79 Å². The Balaban J connectivity index is 2.29. The van der Waals surface area contributed by atoms with Crippen LogP contribution in [0.3, 0.4) is 0 Å². The number of para-hydroxylation sites is 1. The third kappa shape index (κ3) is 4.19. The van der Waals surface area contributed by atoms with Crippen LogP contribution in [0.5, 0.6) is 11.5 Å². The minimum absolute atomic E-state index is 0.0403. The van der Waals surface area contributed by atoms with Crippen LogP contribution in [0.15, 0.2) is 53.0 Å². The lowest BCUT2D eigenvalue weighted by atomic mass is 10.2. The van der Waals surface area contributed by atoms with Crippen molar-refractivity contribution in [1.29, 1.82) is 0 Å². The van der Waals surface area contributed by atoms with Gasteiger partial charge in [-0.1, -0.05) is 18.2 Å². The molecule has 0 aliphatic rings. The van der Waals surface area contributed by atoms with Gasteiger partial charge in [-0.3, -0.25) is 0 Å². The maximum absolute atomic E-state index is 12.7. The van der Waals surface area contributed by atoms with Gasteiger partial charge < -0.3 is 14.6 Å². The lowest BCUT2D eigenvalue weighted by Crippen LogP contribution is -2.47. The van der Waals surface area contributed by atoms with Crippen LogP contribution in [-0.4, -0.2) is 16.9 Å². The van der Waals surface area contributed by atoms with Crippen LogP contribution in [0.4, 0.5) is 13.2 Å². The van der Waals surface area contributed by atoms with Crippen molar-refractivity contribution in [2.75, 3.05) is 0 Å². The van der Waals surface area contributed by atoms with E-state index in [2.05, 4.69) is 15.9 Å². The average molecular weight is 405 g/mol. The van der Waals surface area contributed by atoms with Gasteiger partial charge in [-0.2, -0.15) is 13.2 Å². The molecule has 4 nitrogen and oxygen atoms in total. The first-order chi connectivity index (χ1) is 11.1. The molecule has 8 heteroatoms. The Morgan fingerprint density at radius 2 is 1.71 bits per heavy atom. The molecule has 2 aromatic rings. The summed E-state index contributed by atoms with van der Waals surface area (Å²) in [5.74, 6) is -3.41. The third-order valence-electron chi connectivity index (χ3n) is 3.01. The quantitative estimate of drug-likeness (QED) is 0.732. The van der Waals surface area contributed by atoms with E-state index in [9.17, 15) is 23.1 Å². The van der Waals surface area contributed by atoms with Crippen molar-refractivity contribution in [1.82, 2.24) is 0 Å². The molecule has 128 valence electrons. The van der Waals surface area contributed by atoms with Crippen LogP contribution in [-0.2, 0) is 11.0 Å². The Morgan fingerprint density at radius 1 is 1.08 bits per heavy atom. The topological polar surface area (TPSA) is 55.8 Å². The zero-order valence-electron chi connectivity index (χ0n) is 12.3. The molecule has 0 aliphatic heterocycles. The standard InChI is InChI=1S/C16H12BrF3O4/c1-15(14(21)22,23-11-5-3-2-4-6-11)24-13-8-7-10(9-12(13)17)16(18,19)20/h2-9H,1H3,(H,21,22). The summed E-state index contributed by atoms with van der Waals surface area (Å²) in [4.78, 5) is 11.5. The van der Waals surface area contributed by atoms with E-state index in [0.717, 1.165) is 25.1 Å². The van der Waals surface area contributed by atoms with Gasteiger partial charge >= 0.3 is 17.9 Å². The van der Waals surface area contributed by atoms with Gasteiger partial charge in [0.1, 0.15) is 11.5 Å². The number of hydrogen-bond acceptors (Lipinski definition) is 3. The predicted molar refractivity (Wildman–Crippen MR) is 82.9 cm³/mol. The number of carboxylic acid groups (broad SMARTS) is 1. The SMILES string of the molecule is CC(Oc1ccccc1)(Oc1ccc(C(F)(F)F)cc1Br)C(=O)O. The molecule has 0 aromatic heterocycles. The van der Waals surface area contributed by atoms with E-state index in [1.807, 2.05) is 0 Å². The van der Waals surface area contributed by atoms with Gasteiger partial charge in [-0.15, -0.1) is 0 Å². The Kier molecular flexibility index (Phi) is 5.08. The summed E-state index contributed by atoms with van der Waals surface area (Å²) < 4.78 is 48.7. The highest BCUT2D eigenvalue weighted by Crippen LogP contribution is 2.36. The lowest BCUT2D eigenvalue weighted by molar-refractivity contribution is -0.181. The summed E-state index contributed by atoms with van der Waals surface area (Å²) >= 11 is 2.95. The second kappa shape index (κ2) is 6.72. The Bertz CT molecular complexity index is 734. The van der Waals surface area contributed by atoms with Gasteiger partial charge in [0.2, 0.25) is 0 Å². The molecule has 0 saturated heterocycles. The molecule has 0 fully saturated rings. The van der Waals surface area contributed by atoms with Crippen molar-refractivity contribution < 1.29 is 32.5 Å². The zero-order valence-corrected chi connectivity index (χ0v) is 13.9. The van der Waals surface area contributed by atoms with E-state index < -0.39 is 23.5 Å². The molecule has 0 heterocycles. The molecule has 2 aromatic carbocycles. The molecule has 0 spiro atoms. The van der Waals surface area contributed by atoms with Gasteiger partial charge in [-0.05, 0) is 46.3 Å². The first-order valence-electron chi connectivity index (χ1n) is 6.65. The highest BCUT2D eigenvalue weighted by molar-refractivity contribution is 9.10. The van der Waals surface area contributed by atoms with Gasteiger partial charge in [0.25, 0.3) is 0 Å². The van der Waals surface area contributed by atoms with Crippen LogP contribution < -0.4 is 9.47 Å². The van der Waals surface area contributed by atoms with Gasteiger partial charge in [0.05, 0.1) is 10.0 Å². The Labute approximate surface area is 143 Å². The van der Waals surface area contributed by atoms with Crippen LogP contribution in [0.2, 0.25) is 0 Å². The number of carboxylic acids is 1. The number of alkyl halides is 3. The highest BCUT2D eigenvalue weighted by Gasteiger charge is 2.40. The number of hydrogen-bond donors (Lipinski definition) is 1. The number of benzene rings is 2. The smallest absolute Gasteiger partial charge is 0.416 e. The zero-order chi connectivity index (χ0) is 18.0. The minimum atomic E-state index is -4.52. The van der Waals surface area contributed by atoms with E-state index in [4.69, 9.17) is 9.47 Å². The Hall–Kier alpha value is -2.22. The van der Waals surface area contributed by atoms with E-state index in [-0.39, 0.29) is 16.0 Å². The molecule has 1 atom stereocenters. The normalized spacial score (nSPS) is 13.9. The second-order valence-corrected chi connectivity index (χ2v) is 5.77. The van der Waals surface area contributed by atoms with Gasteiger partial charge in [0.15, 0.2) is 0 Å². The molecule has 0 bridgehead atoms. The largest absolute Gasteiger partial charge is 0.475 e. The number of halogens is 4. The maximum atomic E-state index is 12.7. The van der Waals surface area contributed by atoms with Crippen LogP contribution in [0, 0.1) is 0 Å². The fraction of sp³-hybridized carbons (Fsp3) is 0.188. The summed E-state index contributed by atoms with van der Waals surface area (Å²) in [6.07, 6.45) is -4.52. The fourth-order valence-electron chi connectivity index (χ4n) is 1.79. The second-order valence-electron chi connectivity index (χ2n) is 4.91. The van der Waals surface area contributed by atoms with E-state index in [1.54, 1.807) is 18.2 Å². The molecule has 0 saturated carbocycles. The van der Waals surface area contributed by atoms with Crippen molar-refractivity contribution in [3.63, 3.8) is 0 Å². The van der Waals surface area contributed by atoms with Gasteiger partial charge in [0, 0.05) is 6.92 Å². The summed E-state index contributed by atoms with van der Waals surface area (Å²) in [6, 6.07) is 10.7. The molecule has 0 radical (unpaired) electrons. The van der Waals surface area contributed by atoms with Crippen LogP contribution in [0.25, 0.3) is 0 Å². The van der Waals surface area contributed by atoms with E-state index >= 15 is 0 Å². The molecule has 1 unspecified atom stereocenters. The summed E-state index contributed by atoms with van der Waals surface area (Å²) in [7, 11) is 0. The number of ether oxygens (including phenoxy) is 2. The Morgan fingerprint density at radius 3 is 2.21 bits per heavy atom. The fourth-order valence-corrected chi connectivity index (χ4v) is 2.25. The molecule has 1 N–H and O–H groups in total. The third-order valence-corrected chi connectivity index (χ3v) is 3.63. The monoisotopic (exact) mass is 404 g/mol. The van der Waals surface area contributed by atoms with Crippen molar-refractivity contribution in [3.8, 4) is 11.5 Å². The molecule has 24 heavy (non-hydrogen) atoms. The molecule has 0 amide bonds. The van der Waals surface area contributed by atoms with E-state index in [1.165, 1.54) is 12.1 Å². The number of rotatable bonds is 5. The number of aliphatic carboxylic acids is 1. The molecular formula is C16H12BrF3O4. The highest BCUT2D eigenvalue weighted by atomic mass is 79.9. The minimum Gasteiger partial charge on any atom is -0.475 e. The summed E-state index contributed by atoms with van der Waals surface area (Å²) in [5, 5.41) is 9.38. The first-order valence-corrected chi connectivity index (χ1v) is 7.44. The van der Waals surface area contributed by atoms with E-state index in [0.29, 0.717) is 0 Å². The van der Waals surface area contributed by atoms with Crippen LogP contribution >= 0.6 is 15.9 Å². The molecule has 0 aliphatic carbocycles. The lowest BCUT2D eigenvalue weighted by Gasteiger charge is -2.27. The average Bonchev–Trinajstić information content (AvgIpc) is 2.49. The number of carbonyl (C=O) groups is 1. The van der Waals surface area contributed by atoms with Crippen molar-refractivity contribution in [2.45, 2.75) is 18.9 Å². The first kappa shape index (κ1) is 18.1. The van der Waals surface area contributed by atoms with Crippen molar-refractivity contribution in [3.05, 3.63) is 58.6 Å².